The summed E-state index contributed by atoms with van der Waals surface area (Å²) in [5.41, 5.74) is 0.803. The highest BCUT2D eigenvalue weighted by molar-refractivity contribution is 5.96. The fraction of sp³-hybridized carbons (Fsp3) is 0.250. The summed E-state index contributed by atoms with van der Waals surface area (Å²) in [6, 6.07) is 14.7. The van der Waals surface area contributed by atoms with Gasteiger partial charge in [0.15, 0.2) is 0 Å². The molecule has 5 nitrogen and oxygen atoms in total. The van der Waals surface area contributed by atoms with Gasteiger partial charge in [-0.1, -0.05) is 30.2 Å². The molecule has 5 heteroatoms. The Labute approximate surface area is 147 Å². The van der Waals surface area contributed by atoms with Crippen LogP contribution in [0.2, 0.25) is 0 Å². The lowest BCUT2D eigenvalue weighted by Gasteiger charge is -2.30. The van der Waals surface area contributed by atoms with Gasteiger partial charge in [0.05, 0.1) is 5.92 Å². The maximum Gasteiger partial charge on any atom is 0.298 e. The minimum absolute atomic E-state index is 0.104. The lowest BCUT2D eigenvalue weighted by molar-refractivity contribution is -0.129. The van der Waals surface area contributed by atoms with E-state index in [-0.39, 0.29) is 17.7 Å². The minimum Gasteiger partial charge on any atom is -0.331 e. The molecule has 1 fully saturated rings. The van der Waals surface area contributed by atoms with Gasteiger partial charge in [-0.3, -0.25) is 9.59 Å². The molecule has 126 valence electrons. The molecule has 2 heterocycles. The maximum absolute atomic E-state index is 12.4. The second kappa shape index (κ2) is 8.11. The zero-order chi connectivity index (χ0) is 17.5. The Bertz CT molecular complexity index is 794. The molecule has 3 rings (SSSR count). The van der Waals surface area contributed by atoms with Gasteiger partial charge in [0, 0.05) is 30.8 Å². The topological polar surface area (TPSA) is 62.3 Å². The summed E-state index contributed by atoms with van der Waals surface area (Å²) in [6.45, 7) is 1.02. The van der Waals surface area contributed by atoms with Gasteiger partial charge in [0.2, 0.25) is 5.91 Å². The Hall–Kier alpha value is -3.13. The average molecular weight is 333 g/mol. The number of amides is 2. The summed E-state index contributed by atoms with van der Waals surface area (Å²) < 4.78 is 0. The fourth-order valence-electron chi connectivity index (χ4n) is 2.77. The Kier molecular flexibility index (Phi) is 5.43. The molecule has 0 aliphatic carbocycles. The molecule has 1 aromatic carbocycles. The quantitative estimate of drug-likeness (QED) is 0.858. The molecular weight excluding hydrogens is 314 g/mol. The van der Waals surface area contributed by atoms with Crippen molar-refractivity contribution in [1.29, 1.82) is 0 Å². The van der Waals surface area contributed by atoms with Crippen LogP contribution in [0.5, 0.6) is 0 Å². The third kappa shape index (κ3) is 4.67. The highest BCUT2D eigenvalue weighted by atomic mass is 16.2. The van der Waals surface area contributed by atoms with Crippen molar-refractivity contribution in [2.75, 3.05) is 18.4 Å². The molecular formula is C20H19N3O2. The van der Waals surface area contributed by atoms with E-state index in [9.17, 15) is 9.59 Å². The molecule has 1 saturated heterocycles. The van der Waals surface area contributed by atoms with Crippen molar-refractivity contribution < 1.29 is 9.59 Å². The summed E-state index contributed by atoms with van der Waals surface area (Å²) >= 11 is 0. The van der Waals surface area contributed by atoms with Crippen LogP contribution in [0.15, 0.2) is 54.7 Å². The van der Waals surface area contributed by atoms with Gasteiger partial charge in [-0.2, -0.15) is 0 Å². The predicted octanol–water partition coefficient (Wildman–Crippen LogP) is 2.31. The van der Waals surface area contributed by atoms with Crippen LogP contribution in [0.4, 0.5) is 5.82 Å². The zero-order valence-electron chi connectivity index (χ0n) is 13.8. The van der Waals surface area contributed by atoms with Gasteiger partial charge < -0.3 is 10.2 Å². The Morgan fingerprint density at radius 2 is 1.92 bits per heavy atom. The molecule has 1 aliphatic heterocycles. The summed E-state index contributed by atoms with van der Waals surface area (Å²) in [7, 11) is 0. The van der Waals surface area contributed by atoms with Crippen LogP contribution in [0, 0.1) is 17.8 Å². The number of nitrogens with one attached hydrogen (secondary N) is 1. The number of anilines is 1. The lowest BCUT2D eigenvalue weighted by atomic mass is 9.97. The van der Waals surface area contributed by atoms with E-state index in [1.807, 2.05) is 36.4 Å². The molecule has 25 heavy (non-hydrogen) atoms. The van der Waals surface area contributed by atoms with Crippen molar-refractivity contribution in [3.63, 3.8) is 0 Å². The number of nitrogens with zero attached hydrogens (tertiary/aromatic N) is 2. The van der Waals surface area contributed by atoms with Crippen LogP contribution < -0.4 is 5.32 Å². The van der Waals surface area contributed by atoms with Gasteiger partial charge in [-0.05, 0) is 37.1 Å². The predicted molar refractivity (Wildman–Crippen MR) is 95.5 cm³/mol. The van der Waals surface area contributed by atoms with E-state index in [0.717, 1.165) is 18.4 Å². The fourth-order valence-corrected chi connectivity index (χ4v) is 2.77. The van der Waals surface area contributed by atoms with Crippen LogP contribution in [-0.4, -0.2) is 34.8 Å². The van der Waals surface area contributed by atoms with Crippen LogP contribution in [-0.2, 0) is 9.59 Å². The smallest absolute Gasteiger partial charge is 0.298 e. The van der Waals surface area contributed by atoms with Gasteiger partial charge >= 0.3 is 0 Å². The van der Waals surface area contributed by atoms with Crippen molar-refractivity contribution >= 4 is 17.6 Å². The number of hydrogen-bond acceptors (Lipinski definition) is 3. The van der Waals surface area contributed by atoms with Gasteiger partial charge in [0.1, 0.15) is 5.82 Å². The molecule has 0 saturated carbocycles. The van der Waals surface area contributed by atoms with Crippen molar-refractivity contribution in [1.82, 2.24) is 9.88 Å². The molecule has 0 bridgehead atoms. The Balaban J connectivity index is 1.60. The third-order valence-electron chi connectivity index (χ3n) is 4.08. The van der Waals surface area contributed by atoms with E-state index in [1.165, 1.54) is 0 Å². The second-order valence-electron chi connectivity index (χ2n) is 5.91. The number of carbonyl (C=O) groups is 2. The first-order chi connectivity index (χ1) is 12.2. The van der Waals surface area contributed by atoms with Gasteiger partial charge in [0.25, 0.3) is 5.91 Å². The Morgan fingerprint density at radius 3 is 2.68 bits per heavy atom. The van der Waals surface area contributed by atoms with E-state index >= 15 is 0 Å². The summed E-state index contributed by atoms with van der Waals surface area (Å²) in [5, 5.41) is 2.80. The largest absolute Gasteiger partial charge is 0.331 e. The number of likely N-dealkylation sites (tertiary alicyclic amines) is 1. The molecule has 0 spiro atoms. The van der Waals surface area contributed by atoms with Crippen molar-refractivity contribution in [3.05, 3.63) is 60.3 Å². The van der Waals surface area contributed by atoms with Crippen molar-refractivity contribution in [3.8, 4) is 11.8 Å². The Morgan fingerprint density at radius 1 is 1.12 bits per heavy atom. The van der Waals surface area contributed by atoms with Crippen LogP contribution in [0.25, 0.3) is 0 Å². The molecule has 2 aromatic rings. The van der Waals surface area contributed by atoms with Gasteiger partial charge in [-0.15, -0.1) is 0 Å². The van der Waals surface area contributed by atoms with E-state index in [1.54, 1.807) is 23.2 Å². The first-order valence-electron chi connectivity index (χ1n) is 8.30. The molecule has 1 aliphatic rings. The standard InChI is InChI=1S/C20H19N3O2/c24-19(12-11-16-7-2-1-3-8-16)23-14-6-9-17(15-23)20(25)22-18-10-4-5-13-21-18/h1-5,7-8,10,13,17H,6,9,14-15H2,(H,21,22,25)/t17-/m0/s1. The van der Waals surface area contributed by atoms with E-state index in [4.69, 9.17) is 0 Å². The van der Waals surface area contributed by atoms with Crippen LogP contribution in [0.1, 0.15) is 18.4 Å². The van der Waals surface area contributed by atoms with Crippen molar-refractivity contribution in [2.45, 2.75) is 12.8 Å². The number of rotatable bonds is 2. The number of aromatic nitrogens is 1. The second-order valence-corrected chi connectivity index (χ2v) is 5.91. The number of piperidine rings is 1. The lowest BCUT2D eigenvalue weighted by Crippen LogP contribution is -2.43. The van der Waals surface area contributed by atoms with Gasteiger partial charge in [-0.25, -0.2) is 4.98 Å². The molecule has 0 unspecified atom stereocenters. The highest BCUT2D eigenvalue weighted by Crippen LogP contribution is 2.18. The SMILES string of the molecule is O=C(Nc1ccccn1)[C@H]1CCCN(C(=O)C#Cc2ccccc2)C1. The normalized spacial score (nSPS) is 16.5. The summed E-state index contributed by atoms with van der Waals surface area (Å²) in [4.78, 5) is 30.4. The molecule has 2 amide bonds. The monoisotopic (exact) mass is 333 g/mol. The summed E-state index contributed by atoms with van der Waals surface area (Å²) in [6.07, 6.45) is 3.18. The molecule has 1 aromatic heterocycles. The number of carbonyl (C=O) groups excluding carboxylic acids is 2. The highest BCUT2D eigenvalue weighted by Gasteiger charge is 2.28. The number of benzene rings is 1. The first-order valence-corrected chi connectivity index (χ1v) is 8.30. The summed E-state index contributed by atoms with van der Waals surface area (Å²) in [5.74, 6) is 5.49. The van der Waals surface area contributed by atoms with Crippen LogP contribution in [0.3, 0.4) is 0 Å². The minimum atomic E-state index is -0.238. The maximum atomic E-state index is 12.4. The van der Waals surface area contributed by atoms with E-state index in [2.05, 4.69) is 22.1 Å². The number of hydrogen-bond donors (Lipinski definition) is 1. The third-order valence-corrected chi connectivity index (χ3v) is 4.08. The molecule has 1 atom stereocenters. The van der Waals surface area contributed by atoms with Crippen LogP contribution >= 0.6 is 0 Å². The molecule has 1 N–H and O–H groups in total. The molecule has 0 radical (unpaired) electrons. The van der Waals surface area contributed by atoms with Crippen molar-refractivity contribution in [2.24, 2.45) is 5.92 Å². The average Bonchev–Trinajstić information content (AvgIpc) is 2.68. The van der Waals surface area contributed by atoms with E-state index < -0.39 is 0 Å². The first kappa shape index (κ1) is 16.7. The van der Waals surface area contributed by atoms with E-state index in [0.29, 0.717) is 18.9 Å². The number of pyridine rings is 1. The zero-order valence-corrected chi connectivity index (χ0v) is 13.8.